The Hall–Kier alpha value is -1.57. The van der Waals surface area contributed by atoms with E-state index in [2.05, 4.69) is 20.1 Å². The lowest BCUT2D eigenvalue weighted by molar-refractivity contribution is -0.0555. The van der Waals surface area contributed by atoms with Crippen molar-refractivity contribution in [3.05, 3.63) is 35.1 Å². The van der Waals surface area contributed by atoms with Gasteiger partial charge in [0, 0.05) is 18.9 Å². The molecule has 23 heavy (non-hydrogen) atoms. The van der Waals surface area contributed by atoms with Gasteiger partial charge in [0.15, 0.2) is 0 Å². The summed E-state index contributed by atoms with van der Waals surface area (Å²) in [5, 5.41) is 10.5. The number of anilines is 1. The summed E-state index contributed by atoms with van der Waals surface area (Å²) in [6, 6.07) is 4.29. The third-order valence-electron chi connectivity index (χ3n) is 4.48. The Balaban J connectivity index is 1.51. The van der Waals surface area contributed by atoms with E-state index in [0.29, 0.717) is 19.3 Å². The second-order valence-corrected chi connectivity index (χ2v) is 7.15. The molecule has 3 atom stereocenters. The molecule has 1 aliphatic heterocycles. The summed E-state index contributed by atoms with van der Waals surface area (Å²) in [5.41, 5.74) is 1.09. The van der Waals surface area contributed by atoms with Crippen molar-refractivity contribution in [1.82, 2.24) is 15.2 Å². The predicted octanol–water partition coefficient (Wildman–Crippen LogP) is 2.19. The molecule has 6 nitrogen and oxygen atoms in total. The van der Waals surface area contributed by atoms with Crippen LogP contribution < -0.4 is 4.90 Å². The Labute approximate surface area is 139 Å². The quantitative estimate of drug-likeness (QED) is 0.855. The SMILES string of the molecule is Cc1nnc(N2CCO[C@H]3CC[C@H]2[C@H]3OCc2cccnc2)s1. The van der Waals surface area contributed by atoms with Gasteiger partial charge in [0.1, 0.15) is 11.1 Å². The summed E-state index contributed by atoms with van der Waals surface area (Å²) in [6.45, 7) is 4.12. The fraction of sp³-hybridized carbons (Fsp3) is 0.562. The summed E-state index contributed by atoms with van der Waals surface area (Å²) in [4.78, 5) is 6.47. The van der Waals surface area contributed by atoms with E-state index in [9.17, 15) is 0 Å². The number of hydrogen-bond acceptors (Lipinski definition) is 7. The monoisotopic (exact) mass is 332 g/mol. The minimum atomic E-state index is 0.0712. The second-order valence-electron chi connectivity index (χ2n) is 5.99. The van der Waals surface area contributed by atoms with Gasteiger partial charge in [-0.1, -0.05) is 17.4 Å². The molecule has 2 bridgehead atoms. The molecule has 122 valence electrons. The van der Waals surface area contributed by atoms with Crippen molar-refractivity contribution in [2.45, 2.75) is 44.6 Å². The number of aryl methyl sites for hydroxylation is 1. The van der Waals surface area contributed by atoms with Crippen LogP contribution in [0.1, 0.15) is 23.4 Å². The van der Waals surface area contributed by atoms with Crippen molar-refractivity contribution >= 4 is 16.5 Å². The van der Waals surface area contributed by atoms with Crippen molar-refractivity contribution in [3.63, 3.8) is 0 Å². The predicted molar refractivity (Wildman–Crippen MR) is 87.6 cm³/mol. The number of nitrogens with zero attached hydrogens (tertiary/aromatic N) is 4. The van der Waals surface area contributed by atoms with Crippen LogP contribution in [0.5, 0.6) is 0 Å². The molecular weight excluding hydrogens is 312 g/mol. The average molecular weight is 332 g/mol. The Morgan fingerprint density at radius 1 is 1.39 bits per heavy atom. The lowest BCUT2D eigenvalue weighted by Crippen LogP contribution is -2.43. The van der Waals surface area contributed by atoms with E-state index in [4.69, 9.17) is 9.47 Å². The highest BCUT2D eigenvalue weighted by Gasteiger charge is 2.44. The molecule has 0 radical (unpaired) electrons. The number of aromatic nitrogens is 3. The third-order valence-corrected chi connectivity index (χ3v) is 5.36. The Morgan fingerprint density at radius 2 is 2.35 bits per heavy atom. The lowest BCUT2D eigenvalue weighted by Gasteiger charge is -2.30. The van der Waals surface area contributed by atoms with Gasteiger partial charge in [0.05, 0.1) is 25.4 Å². The minimum Gasteiger partial charge on any atom is -0.374 e. The van der Waals surface area contributed by atoms with Crippen molar-refractivity contribution < 1.29 is 9.47 Å². The van der Waals surface area contributed by atoms with E-state index in [1.54, 1.807) is 17.5 Å². The number of fused-ring (bicyclic) bond motifs is 2. The van der Waals surface area contributed by atoms with Crippen molar-refractivity contribution in [2.24, 2.45) is 0 Å². The smallest absolute Gasteiger partial charge is 0.208 e. The molecule has 2 aromatic rings. The zero-order chi connectivity index (χ0) is 15.6. The molecule has 2 aromatic heterocycles. The minimum absolute atomic E-state index is 0.0712. The Bertz CT molecular complexity index is 651. The Kier molecular flexibility index (Phi) is 4.24. The molecule has 4 rings (SSSR count). The topological polar surface area (TPSA) is 60.4 Å². The zero-order valence-electron chi connectivity index (χ0n) is 13.1. The molecule has 0 N–H and O–H groups in total. The third kappa shape index (κ3) is 3.08. The first kappa shape index (κ1) is 15.0. The second kappa shape index (κ2) is 6.51. The van der Waals surface area contributed by atoms with Crippen LogP contribution in [-0.4, -0.2) is 46.6 Å². The molecule has 7 heteroatoms. The summed E-state index contributed by atoms with van der Waals surface area (Å²) in [5.74, 6) is 0. The number of hydrogen-bond donors (Lipinski definition) is 0. The van der Waals surface area contributed by atoms with Gasteiger partial charge in [-0.3, -0.25) is 4.98 Å². The van der Waals surface area contributed by atoms with Gasteiger partial charge in [-0.25, -0.2) is 0 Å². The molecule has 2 aliphatic rings. The molecule has 1 aliphatic carbocycles. The largest absolute Gasteiger partial charge is 0.374 e. The standard InChI is InChI=1S/C16H20N4O2S/c1-11-18-19-16(23-11)20-7-8-21-14-5-4-13(20)15(14)22-10-12-3-2-6-17-9-12/h2-3,6,9,13-15H,4-5,7-8,10H2,1H3/t13-,14-,15+/m0/s1. The highest BCUT2D eigenvalue weighted by molar-refractivity contribution is 7.15. The molecule has 0 aromatic carbocycles. The molecule has 0 spiro atoms. The van der Waals surface area contributed by atoms with Gasteiger partial charge in [-0.15, -0.1) is 10.2 Å². The summed E-state index contributed by atoms with van der Waals surface area (Å²) in [7, 11) is 0. The zero-order valence-corrected chi connectivity index (χ0v) is 13.9. The van der Waals surface area contributed by atoms with E-state index in [0.717, 1.165) is 35.1 Å². The number of rotatable bonds is 4. The van der Waals surface area contributed by atoms with Gasteiger partial charge < -0.3 is 14.4 Å². The maximum Gasteiger partial charge on any atom is 0.208 e. The first-order chi connectivity index (χ1) is 11.3. The molecule has 2 fully saturated rings. The van der Waals surface area contributed by atoms with Crippen LogP contribution in [-0.2, 0) is 16.1 Å². The van der Waals surface area contributed by atoms with Crippen molar-refractivity contribution in [1.29, 1.82) is 0 Å². The molecule has 1 saturated carbocycles. The highest BCUT2D eigenvalue weighted by atomic mass is 32.1. The van der Waals surface area contributed by atoms with Gasteiger partial charge in [0.2, 0.25) is 5.13 Å². The number of pyridine rings is 1. The molecule has 0 unspecified atom stereocenters. The maximum absolute atomic E-state index is 6.24. The summed E-state index contributed by atoms with van der Waals surface area (Å²) < 4.78 is 12.3. The van der Waals surface area contributed by atoms with Gasteiger partial charge in [-0.2, -0.15) is 0 Å². The van der Waals surface area contributed by atoms with Gasteiger partial charge >= 0.3 is 0 Å². The van der Waals surface area contributed by atoms with E-state index in [-0.39, 0.29) is 12.2 Å². The van der Waals surface area contributed by atoms with Crippen LogP contribution in [0.15, 0.2) is 24.5 Å². The van der Waals surface area contributed by atoms with Crippen LogP contribution in [0.25, 0.3) is 0 Å². The average Bonchev–Trinajstić information content (AvgIpc) is 3.10. The molecular formula is C16H20N4O2S. The van der Waals surface area contributed by atoms with E-state index >= 15 is 0 Å². The van der Waals surface area contributed by atoms with Crippen molar-refractivity contribution in [2.75, 3.05) is 18.1 Å². The van der Waals surface area contributed by atoms with Crippen LogP contribution >= 0.6 is 11.3 Å². The summed E-state index contributed by atoms with van der Waals surface area (Å²) >= 11 is 1.64. The van der Waals surface area contributed by atoms with E-state index in [1.807, 2.05) is 25.3 Å². The van der Waals surface area contributed by atoms with E-state index < -0.39 is 0 Å². The first-order valence-corrected chi connectivity index (χ1v) is 8.82. The van der Waals surface area contributed by atoms with Crippen LogP contribution in [0.3, 0.4) is 0 Å². The normalized spacial score (nSPS) is 27.2. The van der Waals surface area contributed by atoms with Gasteiger partial charge in [0.25, 0.3) is 0 Å². The fourth-order valence-corrected chi connectivity index (χ4v) is 4.20. The number of ether oxygens (including phenoxy) is 2. The van der Waals surface area contributed by atoms with Crippen molar-refractivity contribution in [3.8, 4) is 0 Å². The van der Waals surface area contributed by atoms with Crippen LogP contribution in [0, 0.1) is 6.92 Å². The van der Waals surface area contributed by atoms with Crippen LogP contribution in [0.2, 0.25) is 0 Å². The highest BCUT2D eigenvalue weighted by Crippen LogP contribution is 2.36. The first-order valence-electron chi connectivity index (χ1n) is 8.00. The maximum atomic E-state index is 6.24. The van der Waals surface area contributed by atoms with E-state index in [1.165, 1.54) is 0 Å². The molecule has 3 heterocycles. The molecule has 0 amide bonds. The van der Waals surface area contributed by atoms with Gasteiger partial charge in [-0.05, 0) is 31.4 Å². The fourth-order valence-electron chi connectivity index (χ4n) is 3.42. The lowest BCUT2D eigenvalue weighted by atomic mass is 10.1. The Morgan fingerprint density at radius 3 is 3.13 bits per heavy atom. The molecule has 1 saturated heterocycles. The van der Waals surface area contributed by atoms with Crippen LogP contribution in [0.4, 0.5) is 5.13 Å². The summed E-state index contributed by atoms with van der Waals surface area (Å²) in [6.07, 6.45) is 5.99.